The summed E-state index contributed by atoms with van der Waals surface area (Å²) in [5.74, 6) is 2.09. The molecule has 0 aliphatic rings. The second-order valence-corrected chi connectivity index (χ2v) is 5.53. The van der Waals surface area contributed by atoms with Gasteiger partial charge in [-0.2, -0.15) is 11.8 Å². The van der Waals surface area contributed by atoms with Gasteiger partial charge in [-0.3, -0.25) is 9.89 Å². The molecule has 0 saturated heterocycles. The van der Waals surface area contributed by atoms with E-state index in [0.717, 1.165) is 34.9 Å². The highest BCUT2D eigenvalue weighted by atomic mass is 32.2. The number of nitrogens with one attached hydrogen (secondary N) is 1. The zero-order valence-electron chi connectivity index (χ0n) is 10.8. The van der Waals surface area contributed by atoms with E-state index in [2.05, 4.69) is 12.0 Å². The molecular weight excluding hydrogens is 244 g/mol. The van der Waals surface area contributed by atoms with Crippen molar-refractivity contribution in [2.45, 2.75) is 20.3 Å². The molecule has 0 atom stereocenters. The quantitative estimate of drug-likeness (QED) is 0.841. The highest BCUT2D eigenvalue weighted by Crippen LogP contribution is 2.09. The number of aryl methyl sites for hydroxylation is 1. The van der Waals surface area contributed by atoms with Gasteiger partial charge in [0.1, 0.15) is 0 Å². The maximum Gasteiger partial charge on any atom is 0.274 e. The molecule has 1 heterocycles. The number of aromatic nitrogens is 2. The van der Waals surface area contributed by atoms with Crippen LogP contribution in [0.2, 0.25) is 0 Å². The zero-order valence-corrected chi connectivity index (χ0v) is 11.6. The highest BCUT2D eigenvalue weighted by Gasteiger charge is 2.11. The fourth-order valence-corrected chi connectivity index (χ4v) is 2.59. The van der Waals surface area contributed by atoms with E-state index in [0.29, 0.717) is 0 Å². The maximum absolute atomic E-state index is 12.3. The highest BCUT2D eigenvalue weighted by molar-refractivity contribution is 7.99. The van der Waals surface area contributed by atoms with Crippen LogP contribution in [0.25, 0.3) is 5.69 Å². The third-order valence-corrected chi connectivity index (χ3v) is 3.81. The van der Waals surface area contributed by atoms with E-state index in [1.165, 1.54) is 0 Å². The van der Waals surface area contributed by atoms with Gasteiger partial charge in [-0.15, -0.1) is 0 Å². The minimum absolute atomic E-state index is 0.0791. The van der Waals surface area contributed by atoms with Crippen LogP contribution in [0.3, 0.4) is 0 Å². The predicted octanol–water partition coefficient (Wildman–Crippen LogP) is 2.77. The molecule has 4 heteroatoms. The lowest BCUT2D eigenvalue weighted by molar-refractivity contribution is 0.834. The molecule has 1 aromatic carbocycles. The van der Waals surface area contributed by atoms with Crippen molar-refractivity contribution in [1.29, 1.82) is 0 Å². The lowest BCUT2D eigenvalue weighted by Crippen LogP contribution is -2.17. The summed E-state index contributed by atoms with van der Waals surface area (Å²) in [7, 11) is 0. The molecule has 0 bridgehead atoms. The van der Waals surface area contributed by atoms with E-state index >= 15 is 0 Å². The van der Waals surface area contributed by atoms with Crippen LogP contribution in [-0.2, 0) is 6.42 Å². The van der Waals surface area contributed by atoms with Crippen molar-refractivity contribution in [2.75, 3.05) is 11.5 Å². The molecule has 0 saturated carbocycles. The van der Waals surface area contributed by atoms with Gasteiger partial charge in [0.15, 0.2) is 0 Å². The van der Waals surface area contributed by atoms with Crippen molar-refractivity contribution < 1.29 is 0 Å². The molecule has 0 radical (unpaired) electrons. The minimum Gasteiger partial charge on any atom is -0.295 e. The first-order valence-corrected chi connectivity index (χ1v) is 7.33. The Morgan fingerprint density at radius 1 is 1.28 bits per heavy atom. The molecule has 2 aromatic rings. The fraction of sp³-hybridized carbons (Fsp3) is 0.357. The lowest BCUT2D eigenvalue weighted by Gasteiger charge is -1.99. The van der Waals surface area contributed by atoms with Gasteiger partial charge >= 0.3 is 0 Å². The molecule has 0 spiro atoms. The molecule has 3 nitrogen and oxygen atoms in total. The molecule has 0 amide bonds. The Hall–Kier alpha value is -1.42. The van der Waals surface area contributed by atoms with Gasteiger partial charge < -0.3 is 0 Å². The number of aromatic amines is 1. The molecular formula is C14H18N2OS. The molecule has 1 aromatic heterocycles. The third kappa shape index (κ3) is 2.70. The van der Waals surface area contributed by atoms with Crippen LogP contribution >= 0.6 is 11.8 Å². The summed E-state index contributed by atoms with van der Waals surface area (Å²) in [5, 5.41) is 3.15. The summed E-state index contributed by atoms with van der Waals surface area (Å²) >= 11 is 1.86. The van der Waals surface area contributed by atoms with Crippen LogP contribution in [0.1, 0.15) is 18.2 Å². The van der Waals surface area contributed by atoms with Crippen LogP contribution in [0.5, 0.6) is 0 Å². The number of para-hydroxylation sites is 1. The molecule has 1 N–H and O–H groups in total. The van der Waals surface area contributed by atoms with E-state index in [-0.39, 0.29) is 5.56 Å². The predicted molar refractivity (Wildman–Crippen MR) is 77.8 cm³/mol. The van der Waals surface area contributed by atoms with E-state index in [9.17, 15) is 4.79 Å². The molecule has 0 aliphatic heterocycles. The van der Waals surface area contributed by atoms with Crippen molar-refractivity contribution in [3.05, 3.63) is 51.9 Å². The van der Waals surface area contributed by atoms with Gasteiger partial charge in [-0.05, 0) is 37.0 Å². The maximum atomic E-state index is 12.3. The average Bonchev–Trinajstić information content (AvgIpc) is 2.68. The standard InChI is InChI=1S/C14H18N2OS/c1-3-18-10-9-13-11(2)15-16(14(13)17)12-7-5-4-6-8-12/h4-8,15H,3,9-10H2,1-2H3. The smallest absolute Gasteiger partial charge is 0.274 e. The minimum atomic E-state index is 0.0791. The van der Waals surface area contributed by atoms with E-state index in [4.69, 9.17) is 0 Å². The first kappa shape index (κ1) is 13.0. The second-order valence-electron chi connectivity index (χ2n) is 4.14. The van der Waals surface area contributed by atoms with Gasteiger partial charge in [0.25, 0.3) is 5.56 Å². The Labute approximate surface area is 111 Å². The Morgan fingerprint density at radius 2 is 2.00 bits per heavy atom. The topological polar surface area (TPSA) is 37.8 Å². The van der Waals surface area contributed by atoms with Crippen LogP contribution in [0.4, 0.5) is 0 Å². The second kappa shape index (κ2) is 5.96. The fourth-order valence-electron chi connectivity index (χ4n) is 1.95. The van der Waals surface area contributed by atoms with Crippen molar-refractivity contribution in [3.63, 3.8) is 0 Å². The number of nitrogens with zero attached hydrogens (tertiary/aromatic N) is 1. The van der Waals surface area contributed by atoms with Crippen LogP contribution in [0.15, 0.2) is 35.1 Å². The Morgan fingerprint density at radius 3 is 2.67 bits per heavy atom. The molecule has 0 fully saturated rings. The molecule has 0 unspecified atom stereocenters. The monoisotopic (exact) mass is 262 g/mol. The van der Waals surface area contributed by atoms with Gasteiger partial charge in [0.2, 0.25) is 0 Å². The molecule has 2 rings (SSSR count). The van der Waals surface area contributed by atoms with Crippen LogP contribution in [-0.4, -0.2) is 21.3 Å². The number of rotatable bonds is 5. The van der Waals surface area contributed by atoms with E-state index in [1.54, 1.807) is 4.68 Å². The largest absolute Gasteiger partial charge is 0.295 e. The summed E-state index contributed by atoms with van der Waals surface area (Å²) in [4.78, 5) is 12.3. The summed E-state index contributed by atoms with van der Waals surface area (Å²) < 4.78 is 1.63. The number of hydrogen-bond acceptors (Lipinski definition) is 2. The normalized spacial score (nSPS) is 10.8. The Bertz CT molecular complexity index is 557. The first-order valence-electron chi connectivity index (χ1n) is 6.17. The van der Waals surface area contributed by atoms with Crippen molar-refractivity contribution in [1.82, 2.24) is 9.78 Å². The molecule has 0 aliphatic carbocycles. The average molecular weight is 262 g/mol. The summed E-state index contributed by atoms with van der Waals surface area (Å²) in [6, 6.07) is 9.68. The van der Waals surface area contributed by atoms with Crippen molar-refractivity contribution >= 4 is 11.8 Å². The van der Waals surface area contributed by atoms with Crippen molar-refractivity contribution in [3.8, 4) is 5.69 Å². The van der Waals surface area contributed by atoms with Crippen LogP contribution in [0, 0.1) is 6.92 Å². The van der Waals surface area contributed by atoms with Gasteiger partial charge in [-0.25, -0.2) is 4.68 Å². The Kier molecular flexibility index (Phi) is 4.31. The first-order chi connectivity index (χ1) is 8.74. The van der Waals surface area contributed by atoms with Gasteiger partial charge in [0, 0.05) is 11.3 Å². The number of benzene rings is 1. The summed E-state index contributed by atoms with van der Waals surface area (Å²) in [6.07, 6.45) is 0.833. The molecule has 18 heavy (non-hydrogen) atoms. The Balaban J connectivity index is 2.30. The summed E-state index contributed by atoms with van der Waals surface area (Å²) in [5.41, 5.74) is 2.84. The van der Waals surface area contributed by atoms with E-state index in [1.807, 2.05) is 49.0 Å². The lowest BCUT2D eigenvalue weighted by atomic mass is 10.2. The number of hydrogen-bond donors (Lipinski definition) is 1. The number of H-pyrrole nitrogens is 1. The van der Waals surface area contributed by atoms with E-state index < -0.39 is 0 Å². The summed E-state index contributed by atoms with van der Waals surface area (Å²) in [6.45, 7) is 4.10. The SMILES string of the molecule is CCSCCc1c(C)[nH]n(-c2ccccc2)c1=O. The van der Waals surface area contributed by atoms with Gasteiger partial charge in [-0.1, -0.05) is 25.1 Å². The van der Waals surface area contributed by atoms with Crippen LogP contribution < -0.4 is 5.56 Å². The number of thioether (sulfide) groups is 1. The molecule has 96 valence electrons. The van der Waals surface area contributed by atoms with Gasteiger partial charge in [0.05, 0.1) is 5.69 Å². The van der Waals surface area contributed by atoms with Crippen molar-refractivity contribution in [2.24, 2.45) is 0 Å². The zero-order chi connectivity index (χ0) is 13.0. The third-order valence-electron chi connectivity index (χ3n) is 2.91.